The molecule has 0 bridgehead atoms. The van der Waals surface area contributed by atoms with E-state index >= 15 is 0 Å². The van der Waals surface area contributed by atoms with Crippen LogP contribution in [-0.4, -0.2) is 40.0 Å². The summed E-state index contributed by atoms with van der Waals surface area (Å²) in [5.74, 6) is 0. The maximum absolute atomic E-state index is 6.15. The summed E-state index contributed by atoms with van der Waals surface area (Å²) in [4.78, 5) is 0. The number of ether oxygens (including phenoxy) is 2. The first-order valence-electron chi connectivity index (χ1n) is 6.25. The molecule has 0 radical (unpaired) electrons. The topological polar surface area (TPSA) is 30.5 Å². The molecule has 3 nitrogen and oxygen atoms in total. The average molecular weight is 272 g/mol. The van der Waals surface area contributed by atoms with Crippen LogP contribution in [0.25, 0.3) is 0 Å². The van der Waals surface area contributed by atoms with Crippen molar-refractivity contribution in [2.45, 2.75) is 18.9 Å². The van der Waals surface area contributed by atoms with Crippen LogP contribution in [-0.2, 0) is 15.9 Å². The van der Waals surface area contributed by atoms with Crippen LogP contribution >= 0.6 is 11.6 Å². The van der Waals surface area contributed by atoms with Crippen molar-refractivity contribution in [2.75, 3.05) is 34.0 Å². The second-order valence-corrected chi connectivity index (χ2v) is 4.58. The summed E-state index contributed by atoms with van der Waals surface area (Å²) in [5.41, 5.74) is 1.18. The molecule has 0 aliphatic heterocycles. The van der Waals surface area contributed by atoms with Crippen molar-refractivity contribution < 1.29 is 9.47 Å². The Hall–Kier alpha value is -0.610. The van der Waals surface area contributed by atoms with Crippen LogP contribution < -0.4 is 5.32 Å². The highest BCUT2D eigenvalue weighted by Crippen LogP contribution is 2.17. The number of methoxy groups -OCH3 is 1. The van der Waals surface area contributed by atoms with Crippen molar-refractivity contribution in [3.63, 3.8) is 0 Å². The molecule has 0 amide bonds. The minimum absolute atomic E-state index is 0.382. The monoisotopic (exact) mass is 271 g/mol. The Morgan fingerprint density at radius 2 is 2.00 bits per heavy atom. The van der Waals surface area contributed by atoms with Gasteiger partial charge in [-0.05, 0) is 31.5 Å². The van der Waals surface area contributed by atoms with Gasteiger partial charge in [0, 0.05) is 24.8 Å². The Morgan fingerprint density at radius 3 is 2.67 bits per heavy atom. The lowest BCUT2D eigenvalue weighted by Crippen LogP contribution is -2.29. The summed E-state index contributed by atoms with van der Waals surface area (Å²) in [6.45, 7) is 2.03. The standard InChI is InChI=1S/C14H22ClNO2/c1-16-13(7-8-18-10-9-17-2)11-12-5-3-4-6-14(12)15/h3-6,13,16H,7-11H2,1-2H3. The third-order valence-electron chi connectivity index (χ3n) is 2.87. The molecule has 102 valence electrons. The van der Waals surface area contributed by atoms with Crippen molar-refractivity contribution in [3.05, 3.63) is 34.9 Å². The summed E-state index contributed by atoms with van der Waals surface area (Å²) in [6, 6.07) is 8.35. The van der Waals surface area contributed by atoms with E-state index in [0.29, 0.717) is 19.3 Å². The van der Waals surface area contributed by atoms with Gasteiger partial charge < -0.3 is 14.8 Å². The Morgan fingerprint density at radius 1 is 1.22 bits per heavy atom. The fourth-order valence-electron chi connectivity index (χ4n) is 1.75. The molecule has 0 heterocycles. The van der Waals surface area contributed by atoms with Crippen molar-refractivity contribution in [2.24, 2.45) is 0 Å². The molecule has 1 aromatic carbocycles. The number of likely N-dealkylation sites (N-methyl/N-ethyl adjacent to an activating group) is 1. The average Bonchev–Trinajstić information content (AvgIpc) is 2.39. The van der Waals surface area contributed by atoms with Crippen LogP contribution in [0.1, 0.15) is 12.0 Å². The number of nitrogens with one attached hydrogen (secondary N) is 1. The molecule has 18 heavy (non-hydrogen) atoms. The minimum atomic E-state index is 0.382. The van der Waals surface area contributed by atoms with E-state index in [1.54, 1.807) is 7.11 Å². The Bertz CT molecular complexity index is 333. The summed E-state index contributed by atoms with van der Waals surface area (Å²) < 4.78 is 10.4. The van der Waals surface area contributed by atoms with Gasteiger partial charge in [-0.25, -0.2) is 0 Å². The van der Waals surface area contributed by atoms with E-state index in [1.165, 1.54) is 5.56 Å². The highest BCUT2D eigenvalue weighted by atomic mass is 35.5. The molecule has 0 saturated heterocycles. The first kappa shape index (κ1) is 15.4. The molecular formula is C14H22ClNO2. The molecule has 0 spiro atoms. The van der Waals surface area contributed by atoms with Gasteiger partial charge in [-0.2, -0.15) is 0 Å². The van der Waals surface area contributed by atoms with Gasteiger partial charge in [0.05, 0.1) is 13.2 Å². The number of benzene rings is 1. The van der Waals surface area contributed by atoms with Crippen molar-refractivity contribution in [1.29, 1.82) is 0 Å². The van der Waals surface area contributed by atoms with Crippen molar-refractivity contribution in [1.82, 2.24) is 5.32 Å². The van der Waals surface area contributed by atoms with E-state index < -0.39 is 0 Å². The van der Waals surface area contributed by atoms with Crippen molar-refractivity contribution >= 4 is 11.6 Å². The smallest absolute Gasteiger partial charge is 0.0700 e. The number of halogens is 1. The molecule has 1 aromatic rings. The van der Waals surface area contributed by atoms with E-state index in [4.69, 9.17) is 21.1 Å². The van der Waals surface area contributed by atoms with Crippen LogP contribution in [0, 0.1) is 0 Å². The number of rotatable bonds is 9. The molecule has 0 aliphatic carbocycles. The van der Waals surface area contributed by atoms with E-state index in [1.807, 2.05) is 25.2 Å². The van der Waals surface area contributed by atoms with Crippen molar-refractivity contribution in [3.8, 4) is 0 Å². The maximum Gasteiger partial charge on any atom is 0.0700 e. The summed E-state index contributed by atoms with van der Waals surface area (Å²) in [5, 5.41) is 4.13. The van der Waals surface area contributed by atoms with E-state index in [2.05, 4.69) is 11.4 Å². The lowest BCUT2D eigenvalue weighted by Gasteiger charge is -2.17. The molecule has 1 N–H and O–H groups in total. The predicted octanol–water partition coefficient (Wildman–Crippen LogP) is 2.52. The molecule has 0 fully saturated rings. The largest absolute Gasteiger partial charge is 0.382 e. The van der Waals surface area contributed by atoms with Crippen LogP contribution in [0.5, 0.6) is 0 Å². The molecular weight excluding hydrogens is 250 g/mol. The normalized spacial score (nSPS) is 12.6. The Balaban J connectivity index is 2.31. The SMILES string of the molecule is CNC(CCOCCOC)Cc1ccccc1Cl. The minimum Gasteiger partial charge on any atom is -0.382 e. The first-order valence-corrected chi connectivity index (χ1v) is 6.63. The highest BCUT2D eigenvalue weighted by molar-refractivity contribution is 6.31. The lowest BCUT2D eigenvalue weighted by molar-refractivity contribution is 0.0661. The molecule has 1 atom stereocenters. The van der Waals surface area contributed by atoms with E-state index in [9.17, 15) is 0 Å². The third-order valence-corrected chi connectivity index (χ3v) is 3.24. The van der Waals surface area contributed by atoms with Gasteiger partial charge in [0.1, 0.15) is 0 Å². The zero-order valence-corrected chi connectivity index (χ0v) is 11.9. The Labute approximate surface area is 114 Å². The molecule has 0 aromatic heterocycles. The molecule has 0 saturated carbocycles. The van der Waals surface area contributed by atoms with Gasteiger partial charge in [-0.15, -0.1) is 0 Å². The third kappa shape index (κ3) is 5.83. The van der Waals surface area contributed by atoms with Crippen LogP contribution in [0.2, 0.25) is 5.02 Å². The predicted molar refractivity (Wildman–Crippen MR) is 75.3 cm³/mol. The second-order valence-electron chi connectivity index (χ2n) is 4.17. The zero-order valence-electron chi connectivity index (χ0n) is 11.1. The van der Waals surface area contributed by atoms with E-state index in [-0.39, 0.29) is 0 Å². The fourth-order valence-corrected chi connectivity index (χ4v) is 1.96. The van der Waals surface area contributed by atoms with Gasteiger partial charge in [0.25, 0.3) is 0 Å². The molecule has 4 heteroatoms. The summed E-state index contributed by atoms with van der Waals surface area (Å²) >= 11 is 6.15. The van der Waals surface area contributed by atoms with Gasteiger partial charge >= 0.3 is 0 Å². The first-order chi connectivity index (χ1) is 8.77. The zero-order chi connectivity index (χ0) is 13.2. The maximum atomic E-state index is 6.15. The van der Waals surface area contributed by atoms with Crippen LogP contribution in [0.4, 0.5) is 0 Å². The lowest BCUT2D eigenvalue weighted by atomic mass is 10.0. The van der Waals surface area contributed by atoms with Gasteiger partial charge in [0.15, 0.2) is 0 Å². The summed E-state index contributed by atoms with van der Waals surface area (Å²) in [6.07, 6.45) is 1.88. The fraction of sp³-hybridized carbons (Fsp3) is 0.571. The summed E-state index contributed by atoms with van der Waals surface area (Å²) in [7, 11) is 3.65. The molecule has 1 unspecified atom stereocenters. The number of hydrogen-bond donors (Lipinski definition) is 1. The van der Waals surface area contributed by atoms with Gasteiger partial charge in [-0.3, -0.25) is 0 Å². The quantitative estimate of drug-likeness (QED) is 0.700. The van der Waals surface area contributed by atoms with Gasteiger partial charge in [0.2, 0.25) is 0 Å². The Kier molecular flexibility index (Phi) is 8.01. The molecule has 1 rings (SSSR count). The van der Waals surface area contributed by atoms with Crippen LogP contribution in [0.15, 0.2) is 24.3 Å². The van der Waals surface area contributed by atoms with Gasteiger partial charge in [-0.1, -0.05) is 29.8 Å². The number of hydrogen-bond acceptors (Lipinski definition) is 3. The second kappa shape index (κ2) is 9.34. The highest BCUT2D eigenvalue weighted by Gasteiger charge is 2.09. The molecule has 0 aliphatic rings. The van der Waals surface area contributed by atoms with Crippen LogP contribution in [0.3, 0.4) is 0 Å². The van der Waals surface area contributed by atoms with E-state index in [0.717, 1.165) is 24.5 Å².